The van der Waals surface area contributed by atoms with Gasteiger partial charge >= 0.3 is 5.97 Å². The molecule has 3 nitrogen and oxygen atoms in total. The van der Waals surface area contributed by atoms with Crippen molar-refractivity contribution in [2.75, 3.05) is 0 Å². The molecule has 0 saturated heterocycles. The van der Waals surface area contributed by atoms with Crippen molar-refractivity contribution in [3.05, 3.63) is 52.8 Å². The molecule has 0 spiro atoms. The van der Waals surface area contributed by atoms with E-state index in [9.17, 15) is 9.90 Å². The predicted octanol–water partition coefficient (Wildman–Crippen LogP) is 3.24. The van der Waals surface area contributed by atoms with Crippen molar-refractivity contribution in [3.63, 3.8) is 0 Å². The summed E-state index contributed by atoms with van der Waals surface area (Å²) in [5, 5.41) is 9.41. The van der Waals surface area contributed by atoms with Crippen LogP contribution in [0.2, 0.25) is 0 Å². The first-order chi connectivity index (χ1) is 9.18. The molecule has 0 bridgehead atoms. The minimum Gasteiger partial charge on any atom is -0.478 e. The van der Waals surface area contributed by atoms with Crippen LogP contribution in [-0.2, 0) is 12.8 Å². The van der Waals surface area contributed by atoms with Crippen molar-refractivity contribution in [2.45, 2.75) is 26.2 Å². The van der Waals surface area contributed by atoms with Crippen LogP contribution in [0.5, 0.6) is 0 Å². The summed E-state index contributed by atoms with van der Waals surface area (Å²) in [4.78, 5) is 15.8. The van der Waals surface area contributed by atoms with Gasteiger partial charge in [0.25, 0.3) is 0 Å². The van der Waals surface area contributed by atoms with E-state index in [1.165, 1.54) is 6.20 Å². The average molecular weight is 253 g/mol. The van der Waals surface area contributed by atoms with Crippen molar-refractivity contribution in [2.24, 2.45) is 0 Å². The zero-order valence-electron chi connectivity index (χ0n) is 10.8. The smallest absolute Gasteiger partial charge is 0.337 e. The SMILES string of the molecule is Cc1ccccc1-c1c(C(=O)O)cnc2c1CCC2. The maximum absolute atomic E-state index is 11.5. The van der Waals surface area contributed by atoms with Crippen LogP contribution in [0.25, 0.3) is 11.1 Å². The van der Waals surface area contributed by atoms with E-state index in [2.05, 4.69) is 4.98 Å². The molecule has 1 aromatic heterocycles. The van der Waals surface area contributed by atoms with Crippen LogP contribution in [0.1, 0.15) is 33.6 Å². The summed E-state index contributed by atoms with van der Waals surface area (Å²) in [7, 11) is 0. The summed E-state index contributed by atoms with van der Waals surface area (Å²) in [6.45, 7) is 2.02. The van der Waals surface area contributed by atoms with E-state index in [0.717, 1.165) is 47.2 Å². The molecule has 19 heavy (non-hydrogen) atoms. The molecule has 0 atom stereocenters. The van der Waals surface area contributed by atoms with E-state index >= 15 is 0 Å². The lowest BCUT2D eigenvalue weighted by Gasteiger charge is -2.14. The van der Waals surface area contributed by atoms with E-state index in [4.69, 9.17) is 0 Å². The first-order valence-corrected chi connectivity index (χ1v) is 6.48. The highest BCUT2D eigenvalue weighted by atomic mass is 16.4. The maximum Gasteiger partial charge on any atom is 0.337 e. The predicted molar refractivity (Wildman–Crippen MR) is 73.4 cm³/mol. The van der Waals surface area contributed by atoms with Gasteiger partial charge in [0.2, 0.25) is 0 Å². The lowest BCUT2D eigenvalue weighted by Crippen LogP contribution is -2.05. The molecule has 0 radical (unpaired) electrons. The topological polar surface area (TPSA) is 50.2 Å². The summed E-state index contributed by atoms with van der Waals surface area (Å²) >= 11 is 0. The van der Waals surface area contributed by atoms with Crippen LogP contribution in [0.4, 0.5) is 0 Å². The Kier molecular flexibility index (Phi) is 2.82. The van der Waals surface area contributed by atoms with Crippen molar-refractivity contribution < 1.29 is 9.90 Å². The molecule has 0 unspecified atom stereocenters. The molecule has 3 heteroatoms. The summed E-state index contributed by atoms with van der Waals surface area (Å²) in [5.41, 5.74) is 5.48. The summed E-state index contributed by atoms with van der Waals surface area (Å²) in [5.74, 6) is -0.902. The molecule has 2 aromatic rings. The van der Waals surface area contributed by atoms with Crippen molar-refractivity contribution in [1.82, 2.24) is 4.98 Å². The molecule has 1 heterocycles. The monoisotopic (exact) mass is 253 g/mol. The Morgan fingerprint density at radius 3 is 2.79 bits per heavy atom. The van der Waals surface area contributed by atoms with Gasteiger partial charge < -0.3 is 5.11 Å². The molecule has 1 aliphatic carbocycles. The van der Waals surface area contributed by atoms with E-state index < -0.39 is 5.97 Å². The maximum atomic E-state index is 11.5. The third-order valence-corrected chi connectivity index (χ3v) is 3.75. The second kappa shape index (κ2) is 4.50. The average Bonchev–Trinajstić information content (AvgIpc) is 2.86. The van der Waals surface area contributed by atoms with Gasteiger partial charge in [-0.15, -0.1) is 0 Å². The number of hydrogen-bond donors (Lipinski definition) is 1. The first-order valence-electron chi connectivity index (χ1n) is 6.48. The summed E-state index contributed by atoms with van der Waals surface area (Å²) in [6.07, 6.45) is 4.44. The van der Waals surface area contributed by atoms with Gasteiger partial charge in [-0.2, -0.15) is 0 Å². The number of pyridine rings is 1. The Labute approximate surface area is 111 Å². The van der Waals surface area contributed by atoms with Crippen molar-refractivity contribution in [3.8, 4) is 11.1 Å². The molecule has 0 fully saturated rings. The molecular formula is C16H15NO2. The molecule has 1 N–H and O–H groups in total. The van der Waals surface area contributed by atoms with Crippen LogP contribution in [0, 0.1) is 6.92 Å². The molecule has 3 rings (SSSR count). The zero-order chi connectivity index (χ0) is 13.4. The minimum atomic E-state index is -0.902. The van der Waals surface area contributed by atoms with Crippen molar-refractivity contribution >= 4 is 5.97 Å². The van der Waals surface area contributed by atoms with Crippen LogP contribution in [-0.4, -0.2) is 16.1 Å². The van der Waals surface area contributed by atoms with Gasteiger partial charge in [0.15, 0.2) is 0 Å². The number of aromatic nitrogens is 1. The molecule has 1 aromatic carbocycles. The van der Waals surface area contributed by atoms with Gasteiger partial charge in [-0.05, 0) is 42.9 Å². The van der Waals surface area contributed by atoms with Gasteiger partial charge in [0, 0.05) is 17.5 Å². The quantitative estimate of drug-likeness (QED) is 0.893. The van der Waals surface area contributed by atoms with Crippen LogP contribution in [0.3, 0.4) is 0 Å². The molecule has 96 valence electrons. The number of hydrogen-bond acceptors (Lipinski definition) is 2. The van der Waals surface area contributed by atoms with Gasteiger partial charge in [0.05, 0.1) is 5.56 Å². The third-order valence-electron chi connectivity index (χ3n) is 3.75. The minimum absolute atomic E-state index is 0.315. The van der Waals surface area contributed by atoms with Crippen LogP contribution < -0.4 is 0 Å². The fourth-order valence-electron chi connectivity index (χ4n) is 2.83. The normalized spacial score (nSPS) is 13.3. The number of carboxylic acid groups (broad SMARTS) is 1. The fraction of sp³-hybridized carbons (Fsp3) is 0.250. The largest absolute Gasteiger partial charge is 0.478 e. The first kappa shape index (κ1) is 11.9. The third kappa shape index (κ3) is 1.91. The van der Waals surface area contributed by atoms with Crippen molar-refractivity contribution in [1.29, 1.82) is 0 Å². The van der Waals surface area contributed by atoms with E-state index in [0.29, 0.717) is 5.56 Å². The highest BCUT2D eigenvalue weighted by Gasteiger charge is 2.23. The lowest BCUT2D eigenvalue weighted by molar-refractivity contribution is 0.0697. The van der Waals surface area contributed by atoms with Crippen LogP contribution in [0.15, 0.2) is 30.5 Å². The lowest BCUT2D eigenvalue weighted by atomic mass is 9.92. The highest BCUT2D eigenvalue weighted by molar-refractivity contribution is 5.97. The Morgan fingerprint density at radius 2 is 2.05 bits per heavy atom. The number of rotatable bonds is 2. The number of aromatic carboxylic acids is 1. The number of aryl methyl sites for hydroxylation is 2. The second-order valence-electron chi connectivity index (χ2n) is 4.95. The van der Waals surface area contributed by atoms with E-state index in [-0.39, 0.29) is 0 Å². The van der Waals surface area contributed by atoms with Gasteiger partial charge in [-0.1, -0.05) is 24.3 Å². The second-order valence-corrected chi connectivity index (χ2v) is 4.95. The number of carboxylic acids is 1. The molecule has 0 aliphatic heterocycles. The number of nitrogens with zero attached hydrogens (tertiary/aromatic N) is 1. The molecule has 1 aliphatic rings. The zero-order valence-corrected chi connectivity index (χ0v) is 10.8. The number of fused-ring (bicyclic) bond motifs is 1. The standard InChI is InChI=1S/C16H15NO2/c1-10-5-2-3-6-11(10)15-12-7-4-8-14(12)17-9-13(15)16(18)19/h2-3,5-6,9H,4,7-8H2,1H3,(H,18,19). The highest BCUT2D eigenvalue weighted by Crippen LogP contribution is 2.35. The molecular weight excluding hydrogens is 238 g/mol. The fourth-order valence-corrected chi connectivity index (χ4v) is 2.83. The Hall–Kier alpha value is -2.16. The van der Waals surface area contributed by atoms with E-state index in [1.807, 2.05) is 31.2 Å². The van der Waals surface area contributed by atoms with Gasteiger partial charge in [0.1, 0.15) is 0 Å². The molecule has 0 saturated carbocycles. The Balaban J connectivity index is 2.33. The number of benzene rings is 1. The van der Waals surface area contributed by atoms with Gasteiger partial charge in [-0.3, -0.25) is 4.98 Å². The molecule has 0 amide bonds. The Morgan fingerprint density at radius 1 is 1.26 bits per heavy atom. The Bertz CT molecular complexity index is 662. The van der Waals surface area contributed by atoms with Gasteiger partial charge in [-0.25, -0.2) is 4.79 Å². The summed E-state index contributed by atoms with van der Waals surface area (Å²) in [6, 6.07) is 7.94. The van der Waals surface area contributed by atoms with Crippen LogP contribution >= 0.6 is 0 Å². The summed E-state index contributed by atoms with van der Waals surface area (Å²) < 4.78 is 0. The number of carbonyl (C=O) groups is 1. The van der Waals surface area contributed by atoms with E-state index in [1.54, 1.807) is 0 Å².